The zero-order valence-corrected chi connectivity index (χ0v) is 16.9. The van der Waals surface area contributed by atoms with Gasteiger partial charge in [0.2, 0.25) is 11.8 Å². The van der Waals surface area contributed by atoms with Crippen molar-refractivity contribution in [1.82, 2.24) is 16.0 Å². The van der Waals surface area contributed by atoms with Crippen molar-refractivity contribution in [1.29, 1.82) is 5.41 Å². The fraction of sp³-hybridized carbons (Fsp3) is 0.750. The van der Waals surface area contributed by atoms with E-state index < -0.39 is 35.9 Å². The highest BCUT2D eigenvalue weighted by Crippen LogP contribution is 2.06. The number of rotatable bonds is 13. The molecule has 0 fully saturated rings. The van der Waals surface area contributed by atoms with Gasteiger partial charge in [-0.15, -0.1) is 0 Å². The van der Waals surface area contributed by atoms with Crippen LogP contribution in [0.1, 0.15) is 33.1 Å². The lowest BCUT2D eigenvalue weighted by atomic mass is 10.0. The van der Waals surface area contributed by atoms with Gasteiger partial charge >= 0.3 is 5.97 Å². The highest BCUT2D eigenvalue weighted by atomic mass is 32.2. The fourth-order valence-electron chi connectivity index (χ4n) is 2.23. The highest BCUT2D eigenvalue weighted by Gasteiger charge is 2.29. The Kier molecular flexibility index (Phi) is 12.2. The molecule has 9 N–H and O–H groups in total. The number of thioether (sulfide) groups is 1. The topological polar surface area (TPSA) is 183 Å². The van der Waals surface area contributed by atoms with Crippen LogP contribution in [0.25, 0.3) is 0 Å². The molecule has 0 aromatic heterocycles. The van der Waals surface area contributed by atoms with Crippen LogP contribution in [-0.4, -0.2) is 65.5 Å². The van der Waals surface area contributed by atoms with E-state index in [1.165, 1.54) is 11.8 Å². The minimum Gasteiger partial charge on any atom is -0.480 e. The van der Waals surface area contributed by atoms with E-state index in [-0.39, 0.29) is 11.9 Å². The van der Waals surface area contributed by atoms with Crippen LogP contribution in [-0.2, 0) is 14.4 Å². The molecule has 0 heterocycles. The van der Waals surface area contributed by atoms with Crippen LogP contribution in [0.2, 0.25) is 0 Å². The summed E-state index contributed by atoms with van der Waals surface area (Å²) in [6.45, 7) is 3.93. The number of carbonyl (C=O) groups is 3. The number of carboxylic acids is 1. The average molecular weight is 405 g/mol. The SMILES string of the molecule is CSCC[C@H](NC(=O)[C@@H](NC(=O)[C@@H](N)CCCNC(=N)N)C(C)C)C(=O)O. The van der Waals surface area contributed by atoms with Crippen LogP contribution >= 0.6 is 11.8 Å². The number of carbonyl (C=O) groups excluding carboxylic acids is 2. The van der Waals surface area contributed by atoms with Crippen LogP contribution in [0.15, 0.2) is 0 Å². The molecule has 0 radical (unpaired) electrons. The molecule has 0 aliphatic rings. The highest BCUT2D eigenvalue weighted by molar-refractivity contribution is 7.98. The number of nitrogens with two attached hydrogens (primary N) is 2. The van der Waals surface area contributed by atoms with Crippen molar-refractivity contribution in [3.05, 3.63) is 0 Å². The molecule has 0 saturated heterocycles. The maximum absolute atomic E-state index is 12.5. The van der Waals surface area contributed by atoms with Gasteiger partial charge < -0.3 is 32.5 Å². The summed E-state index contributed by atoms with van der Waals surface area (Å²) in [5.41, 5.74) is 11.0. The number of carboxylic acid groups (broad SMARTS) is 1. The number of nitrogens with one attached hydrogen (secondary N) is 4. The molecule has 0 aromatic rings. The minimum atomic E-state index is -1.11. The van der Waals surface area contributed by atoms with Crippen LogP contribution in [0.3, 0.4) is 0 Å². The summed E-state index contributed by atoms with van der Waals surface area (Å²) in [7, 11) is 0. The lowest BCUT2D eigenvalue weighted by Crippen LogP contribution is -2.56. The van der Waals surface area contributed by atoms with Crippen LogP contribution < -0.4 is 27.4 Å². The molecular weight excluding hydrogens is 372 g/mol. The van der Waals surface area contributed by atoms with Crippen molar-refractivity contribution in [3.63, 3.8) is 0 Å². The first-order valence-corrected chi connectivity index (χ1v) is 10.2. The molecule has 10 nitrogen and oxygen atoms in total. The van der Waals surface area contributed by atoms with Gasteiger partial charge in [0, 0.05) is 6.54 Å². The molecule has 11 heteroatoms. The van der Waals surface area contributed by atoms with E-state index in [0.717, 1.165) is 0 Å². The van der Waals surface area contributed by atoms with Crippen molar-refractivity contribution in [2.24, 2.45) is 17.4 Å². The summed E-state index contributed by atoms with van der Waals surface area (Å²) in [5.74, 6) is -1.94. The summed E-state index contributed by atoms with van der Waals surface area (Å²) in [6.07, 6.45) is 3.03. The van der Waals surface area contributed by atoms with Crippen molar-refractivity contribution in [2.45, 2.75) is 51.2 Å². The zero-order chi connectivity index (χ0) is 21.0. The fourth-order valence-corrected chi connectivity index (χ4v) is 2.70. The van der Waals surface area contributed by atoms with Crippen LogP contribution in [0, 0.1) is 11.3 Å². The van der Waals surface area contributed by atoms with Crippen molar-refractivity contribution in [3.8, 4) is 0 Å². The molecule has 0 saturated carbocycles. The third-order valence-corrected chi connectivity index (χ3v) is 4.46. The van der Waals surface area contributed by atoms with Gasteiger partial charge in [0.15, 0.2) is 5.96 Å². The molecule has 0 unspecified atom stereocenters. The number of hydrogen-bond donors (Lipinski definition) is 7. The van der Waals surface area contributed by atoms with Gasteiger partial charge in [-0.25, -0.2) is 4.79 Å². The third kappa shape index (κ3) is 10.7. The Morgan fingerprint density at radius 1 is 1.15 bits per heavy atom. The van der Waals surface area contributed by atoms with Gasteiger partial charge in [-0.3, -0.25) is 15.0 Å². The number of amides is 2. The molecule has 0 rings (SSSR count). The summed E-state index contributed by atoms with van der Waals surface area (Å²) in [5, 5.41) is 24.0. The van der Waals surface area contributed by atoms with Crippen LogP contribution in [0.4, 0.5) is 0 Å². The van der Waals surface area contributed by atoms with Gasteiger partial charge in [-0.2, -0.15) is 11.8 Å². The Morgan fingerprint density at radius 2 is 1.78 bits per heavy atom. The summed E-state index contributed by atoms with van der Waals surface area (Å²) < 4.78 is 0. The van der Waals surface area contributed by atoms with E-state index in [4.69, 9.17) is 16.9 Å². The monoisotopic (exact) mass is 404 g/mol. The van der Waals surface area contributed by atoms with E-state index in [1.54, 1.807) is 13.8 Å². The number of hydrogen-bond acceptors (Lipinski definition) is 6. The van der Waals surface area contributed by atoms with Crippen LogP contribution in [0.5, 0.6) is 0 Å². The van der Waals surface area contributed by atoms with Gasteiger partial charge in [-0.1, -0.05) is 13.8 Å². The lowest BCUT2D eigenvalue weighted by Gasteiger charge is -2.25. The van der Waals surface area contributed by atoms with Crippen molar-refractivity contribution < 1.29 is 19.5 Å². The summed E-state index contributed by atoms with van der Waals surface area (Å²) >= 11 is 1.49. The third-order valence-electron chi connectivity index (χ3n) is 3.82. The molecule has 0 bridgehead atoms. The molecule has 0 aromatic carbocycles. The number of guanidine groups is 1. The van der Waals surface area contributed by atoms with E-state index >= 15 is 0 Å². The number of aliphatic carboxylic acids is 1. The smallest absolute Gasteiger partial charge is 0.326 e. The maximum Gasteiger partial charge on any atom is 0.326 e. The minimum absolute atomic E-state index is 0.154. The Labute approximate surface area is 164 Å². The van der Waals surface area contributed by atoms with Gasteiger partial charge in [-0.05, 0) is 37.2 Å². The normalized spacial score (nSPS) is 14.1. The summed E-state index contributed by atoms with van der Waals surface area (Å²) in [4.78, 5) is 36.0. The second-order valence-corrected chi connectivity index (χ2v) is 7.49. The van der Waals surface area contributed by atoms with E-state index in [1.807, 2.05) is 6.26 Å². The van der Waals surface area contributed by atoms with Gasteiger partial charge in [0.25, 0.3) is 0 Å². The molecular formula is C16H32N6O4S. The molecule has 3 atom stereocenters. The Balaban J connectivity index is 4.71. The van der Waals surface area contributed by atoms with Gasteiger partial charge in [0.05, 0.1) is 6.04 Å². The Hall–Kier alpha value is -2.01. The first-order chi connectivity index (χ1) is 12.6. The molecule has 0 aliphatic heterocycles. The lowest BCUT2D eigenvalue weighted by molar-refractivity contribution is -0.142. The predicted molar refractivity (Wildman–Crippen MR) is 106 cm³/mol. The zero-order valence-electron chi connectivity index (χ0n) is 16.1. The first kappa shape index (κ1) is 25.0. The second-order valence-electron chi connectivity index (χ2n) is 6.50. The first-order valence-electron chi connectivity index (χ1n) is 8.76. The molecule has 27 heavy (non-hydrogen) atoms. The van der Waals surface area contributed by atoms with E-state index in [2.05, 4.69) is 16.0 Å². The maximum atomic E-state index is 12.5. The van der Waals surface area contributed by atoms with Crippen molar-refractivity contribution in [2.75, 3.05) is 18.6 Å². The predicted octanol–water partition coefficient (Wildman–Crippen LogP) is -0.960. The summed E-state index contributed by atoms with van der Waals surface area (Å²) in [6, 6.07) is -2.70. The quantitative estimate of drug-likeness (QED) is 0.116. The molecule has 2 amide bonds. The standard InChI is InChI=1S/C16H32N6O4S/c1-9(2)12(14(24)21-11(15(25)26)6-8-27-3)22-13(23)10(17)5-4-7-20-16(18)19/h9-12H,4-8,17H2,1-3H3,(H,21,24)(H,22,23)(H,25,26)(H4,18,19,20)/t10-,11-,12-/m0/s1. The second kappa shape index (κ2) is 13.2. The molecule has 156 valence electrons. The molecule has 0 aliphatic carbocycles. The largest absolute Gasteiger partial charge is 0.480 e. The van der Waals surface area contributed by atoms with E-state index in [9.17, 15) is 19.5 Å². The van der Waals surface area contributed by atoms with Crippen molar-refractivity contribution >= 4 is 35.5 Å². The Bertz CT molecular complexity index is 517. The Morgan fingerprint density at radius 3 is 2.26 bits per heavy atom. The van der Waals surface area contributed by atoms with Gasteiger partial charge in [0.1, 0.15) is 12.1 Å². The molecule has 0 spiro atoms. The van der Waals surface area contributed by atoms with E-state index in [0.29, 0.717) is 31.6 Å². The average Bonchev–Trinajstić information content (AvgIpc) is 2.58.